The van der Waals surface area contributed by atoms with Crippen LogP contribution in [0.15, 0.2) is 66.1 Å². The fourth-order valence-corrected chi connectivity index (χ4v) is 4.41. The van der Waals surface area contributed by atoms with Crippen LogP contribution in [0.25, 0.3) is 0 Å². The van der Waals surface area contributed by atoms with E-state index in [1.165, 1.54) is 21.6 Å². The summed E-state index contributed by atoms with van der Waals surface area (Å²) in [4.78, 5) is 5.60. The van der Waals surface area contributed by atoms with Gasteiger partial charge in [0.1, 0.15) is 5.75 Å². The lowest BCUT2D eigenvalue weighted by molar-refractivity contribution is 0.414. The number of aryl methyl sites for hydroxylation is 3. The molecule has 26 heavy (non-hydrogen) atoms. The fourth-order valence-electron chi connectivity index (χ4n) is 3.09. The monoisotopic (exact) mass is 366 g/mol. The molecule has 1 unspecified atom stereocenters. The van der Waals surface area contributed by atoms with Gasteiger partial charge in [0.2, 0.25) is 0 Å². The number of imidazole rings is 1. The van der Waals surface area contributed by atoms with Crippen molar-refractivity contribution >= 4 is 11.8 Å². The van der Waals surface area contributed by atoms with E-state index >= 15 is 0 Å². The molecule has 3 aromatic rings. The summed E-state index contributed by atoms with van der Waals surface area (Å²) in [5, 5.41) is 0.492. The van der Waals surface area contributed by atoms with Gasteiger partial charge in [-0.2, -0.15) is 0 Å². The van der Waals surface area contributed by atoms with Gasteiger partial charge in [-0.3, -0.25) is 0 Å². The van der Waals surface area contributed by atoms with E-state index in [1.807, 2.05) is 42.6 Å². The molecule has 3 nitrogen and oxygen atoms in total. The highest BCUT2D eigenvalue weighted by molar-refractivity contribution is 8.00. The van der Waals surface area contributed by atoms with Gasteiger partial charge in [0.05, 0.1) is 13.4 Å². The average molecular weight is 367 g/mol. The summed E-state index contributed by atoms with van der Waals surface area (Å²) in [6, 6.07) is 14.9. The lowest BCUT2D eigenvalue weighted by Crippen LogP contribution is -2.13. The molecule has 136 valence electrons. The zero-order chi connectivity index (χ0) is 18.4. The molecule has 0 radical (unpaired) electrons. The molecule has 0 aliphatic rings. The first-order valence-electron chi connectivity index (χ1n) is 8.97. The van der Waals surface area contributed by atoms with Crippen LogP contribution < -0.4 is 4.74 Å². The van der Waals surface area contributed by atoms with E-state index in [0.29, 0.717) is 5.25 Å². The van der Waals surface area contributed by atoms with Gasteiger partial charge in [0.15, 0.2) is 0 Å². The maximum absolute atomic E-state index is 5.26. The molecule has 0 saturated heterocycles. The van der Waals surface area contributed by atoms with Crippen LogP contribution in [0.1, 0.15) is 23.1 Å². The maximum atomic E-state index is 5.26. The van der Waals surface area contributed by atoms with Crippen LogP contribution in [0.3, 0.4) is 0 Å². The summed E-state index contributed by atoms with van der Waals surface area (Å²) in [7, 11) is 1.71. The largest absolute Gasteiger partial charge is 0.497 e. The molecule has 1 aromatic heterocycles. The Morgan fingerprint density at radius 2 is 1.81 bits per heavy atom. The van der Waals surface area contributed by atoms with Crippen molar-refractivity contribution in [3.8, 4) is 5.75 Å². The Kier molecular flexibility index (Phi) is 6.40. The second-order valence-corrected chi connectivity index (χ2v) is 7.92. The van der Waals surface area contributed by atoms with E-state index in [4.69, 9.17) is 4.74 Å². The number of methoxy groups -OCH3 is 1. The van der Waals surface area contributed by atoms with Crippen LogP contribution in [0.4, 0.5) is 0 Å². The highest BCUT2D eigenvalue weighted by atomic mass is 32.2. The van der Waals surface area contributed by atoms with Crippen LogP contribution in [0.2, 0.25) is 0 Å². The Balaban J connectivity index is 1.72. The number of thioether (sulfide) groups is 1. The second-order valence-electron chi connectivity index (χ2n) is 6.61. The predicted octanol–water partition coefficient (Wildman–Crippen LogP) is 5.30. The van der Waals surface area contributed by atoms with Gasteiger partial charge in [0.25, 0.3) is 0 Å². The molecule has 0 aliphatic carbocycles. The molecule has 0 N–H and O–H groups in total. The Bertz CT molecular complexity index is 792. The second kappa shape index (κ2) is 8.95. The number of hydrogen-bond acceptors (Lipinski definition) is 3. The third-order valence-electron chi connectivity index (χ3n) is 4.58. The Labute approximate surface area is 160 Å². The Morgan fingerprint density at radius 1 is 1.08 bits per heavy atom. The number of nitrogens with zero attached hydrogens (tertiary/aromatic N) is 2. The van der Waals surface area contributed by atoms with E-state index in [-0.39, 0.29) is 0 Å². The molecule has 1 heterocycles. The number of rotatable bonds is 8. The molecule has 0 fully saturated rings. The molecule has 2 aromatic carbocycles. The predicted molar refractivity (Wildman–Crippen MR) is 109 cm³/mol. The van der Waals surface area contributed by atoms with Gasteiger partial charge in [-0.1, -0.05) is 30.3 Å². The number of benzene rings is 2. The maximum Gasteiger partial charge on any atom is 0.118 e. The van der Waals surface area contributed by atoms with Crippen LogP contribution in [-0.2, 0) is 13.0 Å². The lowest BCUT2D eigenvalue weighted by Gasteiger charge is -2.20. The molecule has 0 aliphatic heterocycles. The van der Waals surface area contributed by atoms with Crippen LogP contribution >= 0.6 is 11.8 Å². The minimum Gasteiger partial charge on any atom is -0.497 e. The summed E-state index contributed by atoms with van der Waals surface area (Å²) in [6.07, 6.45) is 7.98. The third-order valence-corrected chi connectivity index (χ3v) is 6.18. The summed E-state index contributed by atoms with van der Waals surface area (Å²) >= 11 is 1.99. The summed E-state index contributed by atoms with van der Waals surface area (Å²) in [5.41, 5.74) is 4.06. The van der Waals surface area contributed by atoms with Crippen molar-refractivity contribution in [3.63, 3.8) is 0 Å². The van der Waals surface area contributed by atoms with Crippen molar-refractivity contribution in [2.75, 3.05) is 7.11 Å². The van der Waals surface area contributed by atoms with Gasteiger partial charge in [-0.25, -0.2) is 4.98 Å². The summed E-state index contributed by atoms with van der Waals surface area (Å²) < 4.78 is 7.44. The lowest BCUT2D eigenvalue weighted by atomic mass is 10.1. The standard InChI is InChI=1S/C22H26N2OS/c1-17-5-4-6-18(2)22(17)26-21(15-24-14-13-23-16-24)12-9-19-7-10-20(25-3)11-8-19/h4-8,10-11,13-14,16,21H,9,12,15H2,1-3H3. The quantitative estimate of drug-likeness (QED) is 0.506. The van der Waals surface area contributed by atoms with E-state index in [0.717, 1.165) is 25.1 Å². The fraction of sp³-hybridized carbons (Fsp3) is 0.318. The van der Waals surface area contributed by atoms with Crippen LogP contribution in [0, 0.1) is 13.8 Å². The van der Waals surface area contributed by atoms with Crippen LogP contribution in [0.5, 0.6) is 5.75 Å². The van der Waals surface area contributed by atoms with Gasteiger partial charge in [0, 0.05) is 29.1 Å². The molecule has 0 amide bonds. The molecule has 3 rings (SSSR count). The topological polar surface area (TPSA) is 27.1 Å². The summed E-state index contributed by atoms with van der Waals surface area (Å²) in [5.74, 6) is 0.911. The molecule has 0 saturated carbocycles. The van der Waals surface area contributed by atoms with Crippen molar-refractivity contribution in [1.82, 2.24) is 9.55 Å². The number of ether oxygens (including phenoxy) is 1. The first kappa shape index (κ1) is 18.6. The smallest absolute Gasteiger partial charge is 0.118 e. The highest BCUT2D eigenvalue weighted by Gasteiger charge is 2.15. The minimum absolute atomic E-state index is 0.492. The normalized spacial score (nSPS) is 12.1. The van der Waals surface area contributed by atoms with Gasteiger partial charge in [-0.15, -0.1) is 11.8 Å². The molecule has 0 bridgehead atoms. The van der Waals surface area contributed by atoms with Gasteiger partial charge >= 0.3 is 0 Å². The molecule has 1 atom stereocenters. The SMILES string of the molecule is COc1ccc(CCC(Cn2ccnc2)Sc2c(C)cccc2C)cc1. The number of aromatic nitrogens is 2. The molecule has 0 spiro atoms. The Hall–Kier alpha value is -2.20. The van der Waals surface area contributed by atoms with Crippen molar-refractivity contribution < 1.29 is 4.74 Å². The average Bonchev–Trinajstić information content (AvgIpc) is 3.16. The van der Waals surface area contributed by atoms with Crippen molar-refractivity contribution in [2.24, 2.45) is 0 Å². The summed E-state index contributed by atoms with van der Waals surface area (Å²) in [6.45, 7) is 5.37. The van der Waals surface area contributed by atoms with Gasteiger partial charge in [-0.05, 0) is 55.5 Å². The van der Waals surface area contributed by atoms with Crippen molar-refractivity contribution in [3.05, 3.63) is 77.9 Å². The molecule has 4 heteroatoms. The van der Waals surface area contributed by atoms with E-state index in [9.17, 15) is 0 Å². The highest BCUT2D eigenvalue weighted by Crippen LogP contribution is 2.33. The molecular weight excluding hydrogens is 340 g/mol. The molecular formula is C22H26N2OS. The van der Waals surface area contributed by atoms with Crippen molar-refractivity contribution in [2.45, 2.75) is 43.4 Å². The van der Waals surface area contributed by atoms with E-state index in [1.54, 1.807) is 7.11 Å². The minimum atomic E-state index is 0.492. The number of hydrogen-bond donors (Lipinski definition) is 0. The van der Waals surface area contributed by atoms with Crippen molar-refractivity contribution in [1.29, 1.82) is 0 Å². The van der Waals surface area contributed by atoms with E-state index < -0.39 is 0 Å². The van der Waals surface area contributed by atoms with Gasteiger partial charge < -0.3 is 9.30 Å². The third kappa shape index (κ3) is 4.92. The Morgan fingerprint density at radius 3 is 2.42 bits per heavy atom. The first-order chi connectivity index (χ1) is 12.7. The zero-order valence-corrected chi connectivity index (χ0v) is 16.5. The first-order valence-corrected chi connectivity index (χ1v) is 9.85. The van der Waals surface area contributed by atoms with Crippen LogP contribution in [-0.4, -0.2) is 21.9 Å². The zero-order valence-electron chi connectivity index (χ0n) is 15.7. The van der Waals surface area contributed by atoms with E-state index in [2.05, 4.69) is 53.7 Å².